The number of sulfonamides is 1. The first-order chi connectivity index (χ1) is 7.55. The van der Waals surface area contributed by atoms with Gasteiger partial charge < -0.3 is 5.73 Å². The van der Waals surface area contributed by atoms with Gasteiger partial charge in [-0.25, -0.2) is 12.8 Å². The van der Waals surface area contributed by atoms with Gasteiger partial charge in [0, 0.05) is 0 Å². The molecule has 0 atom stereocenters. The molecule has 16 heavy (non-hydrogen) atoms. The minimum atomic E-state index is -3.47. The van der Waals surface area contributed by atoms with Crippen LogP contribution in [0.1, 0.15) is 12.8 Å². The lowest BCUT2D eigenvalue weighted by molar-refractivity contribution is 0.594. The molecular weight excluding hydrogens is 231 g/mol. The zero-order valence-corrected chi connectivity index (χ0v) is 9.63. The standard InChI is InChI=1S/C10H15FN2O2S/c11-9-5-1-2-6-10(9)13-16(14,15)8-4-3-7-12/h1-2,5-6,13H,3-4,7-8,12H2. The third-order valence-corrected chi connectivity index (χ3v) is 3.36. The third kappa shape index (κ3) is 4.16. The Hall–Kier alpha value is -1.14. The first kappa shape index (κ1) is 12.9. The second kappa shape index (κ2) is 5.81. The van der Waals surface area contributed by atoms with Crippen LogP contribution >= 0.6 is 0 Å². The molecule has 3 N–H and O–H groups in total. The molecule has 0 aromatic heterocycles. The maximum Gasteiger partial charge on any atom is 0.232 e. The summed E-state index contributed by atoms with van der Waals surface area (Å²) in [5.74, 6) is -0.622. The normalized spacial score (nSPS) is 11.4. The van der Waals surface area contributed by atoms with Crippen molar-refractivity contribution in [3.05, 3.63) is 30.1 Å². The Morgan fingerprint density at radius 3 is 2.56 bits per heavy atom. The van der Waals surface area contributed by atoms with Gasteiger partial charge in [-0.05, 0) is 31.5 Å². The van der Waals surface area contributed by atoms with Crippen molar-refractivity contribution in [2.75, 3.05) is 17.0 Å². The summed E-state index contributed by atoms with van der Waals surface area (Å²) < 4.78 is 38.4. The number of para-hydroxylation sites is 1. The van der Waals surface area contributed by atoms with Crippen molar-refractivity contribution in [1.82, 2.24) is 0 Å². The number of hydrogen-bond acceptors (Lipinski definition) is 3. The predicted molar refractivity (Wildman–Crippen MR) is 62.1 cm³/mol. The van der Waals surface area contributed by atoms with Gasteiger partial charge in [0.05, 0.1) is 11.4 Å². The van der Waals surface area contributed by atoms with Crippen LogP contribution in [0.5, 0.6) is 0 Å². The smallest absolute Gasteiger partial charge is 0.232 e. The molecule has 0 aliphatic heterocycles. The fourth-order valence-electron chi connectivity index (χ4n) is 1.20. The van der Waals surface area contributed by atoms with E-state index in [1.807, 2.05) is 0 Å². The molecule has 0 aliphatic rings. The van der Waals surface area contributed by atoms with E-state index in [4.69, 9.17) is 5.73 Å². The van der Waals surface area contributed by atoms with Crippen LogP contribution in [-0.4, -0.2) is 20.7 Å². The molecule has 1 aromatic rings. The molecule has 0 bridgehead atoms. The summed E-state index contributed by atoms with van der Waals surface area (Å²) in [6.45, 7) is 0.454. The fourth-order valence-corrected chi connectivity index (χ4v) is 2.39. The van der Waals surface area contributed by atoms with Gasteiger partial charge in [-0.2, -0.15) is 0 Å². The lowest BCUT2D eigenvalue weighted by Gasteiger charge is -2.08. The maximum atomic E-state index is 13.2. The van der Waals surface area contributed by atoms with Gasteiger partial charge in [0.15, 0.2) is 0 Å². The Labute approximate surface area is 94.7 Å². The maximum absolute atomic E-state index is 13.2. The highest BCUT2D eigenvalue weighted by Crippen LogP contribution is 2.14. The molecule has 0 amide bonds. The van der Waals surface area contributed by atoms with Gasteiger partial charge in [0.1, 0.15) is 5.82 Å². The van der Waals surface area contributed by atoms with Crippen LogP contribution in [0.3, 0.4) is 0 Å². The summed E-state index contributed by atoms with van der Waals surface area (Å²) in [6, 6.07) is 5.66. The van der Waals surface area contributed by atoms with E-state index in [9.17, 15) is 12.8 Å². The fraction of sp³-hybridized carbons (Fsp3) is 0.400. The van der Waals surface area contributed by atoms with Crippen LogP contribution < -0.4 is 10.5 Å². The molecule has 1 rings (SSSR count). The number of halogens is 1. The van der Waals surface area contributed by atoms with Crippen molar-refractivity contribution in [1.29, 1.82) is 0 Å². The predicted octanol–water partition coefficient (Wildman–Crippen LogP) is 1.31. The van der Waals surface area contributed by atoms with E-state index in [-0.39, 0.29) is 11.4 Å². The summed E-state index contributed by atoms with van der Waals surface area (Å²) in [4.78, 5) is 0. The first-order valence-corrected chi connectivity index (χ1v) is 6.65. The summed E-state index contributed by atoms with van der Waals surface area (Å²) in [5, 5.41) is 0. The molecule has 0 unspecified atom stereocenters. The van der Waals surface area contributed by atoms with E-state index in [0.717, 1.165) is 0 Å². The quantitative estimate of drug-likeness (QED) is 0.743. The number of rotatable bonds is 6. The summed E-state index contributed by atoms with van der Waals surface area (Å²) in [6.07, 6.45) is 1.11. The molecule has 0 heterocycles. The summed E-state index contributed by atoms with van der Waals surface area (Å²) >= 11 is 0. The highest BCUT2D eigenvalue weighted by atomic mass is 32.2. The highest BCUT2D eigenvalue weighted by molar-refractivity contribution is 7.92. The summed E-state index contributed by atoms with van der Waals surface area (Å²) in [5.41, 5.74) is 5.24. The third-order valence-electron chi connectivity index (χ3n) is 2.01. The van der Waals surface area contributed by atoms with E-state index in [0.29, 0.717) is 19.4 Å². The second-order valence-corrected chi connectivity index (χ2v) is 5.24. The number of hydrogen-bond donors (Lipinski definition) is 2. The molecule has 90 valence electrons. The zero-order chi connectivity index (χ0) is 12.0. The Morgan fingerprint density at radius 1 is 1.25 bits per heavy atom. The number of nitrogens with two attached hydrogens (primary N) is 1. The largest absolute Gasteiger partial charge is 0.330 e. The molecular formula is C10H15FN2O2S. The van der Waals surface area contributed by atoms with Gasteiger partial charge in [0.2, 0.25) is 10.0 Å². The lowest BCUT2D eigenvalue weighted by atomic mass is 10.3. The zero-order valence-electron chi connectivity index (χ0n) is 8.82. The van der Waals surface area contributed by atoms with Gasteiger partial charge in [-0.1, -0.05) is 12.1 Å². The molecule has 6 heteroatoms. The summed E-state index contributed by atoms with van der Waals surface area (Å²) in [7, 11) is -3.47. The molecule has 0 radical (unpaired) electrons. The van der Waals surface area contributed by atoms with E-state index < -0.39 is 15.8 Å². The average Bonchev–Trinajstić information content (AvgIpc) is 2.21. The van der Waals surface area contributed by atoms with Crippen LogP contribution in [0.4, 0.5) is 10.1 Å². The average molecular weight is 246 g/mol. The topological polar surface area (TPSA) is 72.2 Å². The minimum absolute atomic E-state index is 0.0183. The van der Waals surface area contributed by atoms with Crippen molar-refractivity contribution >= 4 is 15.7 Å². The number of benzene rings is 1. The van der Waals surface area contributed by atoms with Crippen molar-refractivity contribution in [2.45, 2.75) is 12.8 Å². The van der Waals surface area contributed by atoms with Gasteiger partial charge >= 0.3 is 0 Å². The van der Waals surface area contributed by atoms with Crippen molar-refractivity contribution < 1.29 is 12.8 Å². The van der Waals surface area contributed by atoms with Crippen LogP contribution in [0.15, 0.2) is 24.3 Å². The van der Waals surface area contributed by atoms with Gasteiger partial charge in [-0.15, -0.1) is 0 Å². The molecule has 0 saturated heterocycles. The van der Waals surface area contributed by atoms with Crippen LogP contribution in [0.25, 0.3) is 0 Å². The number of anilines is 1. The highest BCUT2D eigenvalue weighted by Gasteiger charge is 2.11. The lowest BCUT2D eigenvalue weighted by Crippen LogP contribution is -2.18. The van der Waals surface area contributed by atoms with E-state index in [2.05, 4.69) is 4.72 Å². The molecule has 0 saturated carbocycles. The van der Waals surface area contributed by atoms with Gasteiger partial charge in [0.25, 0.3) is 0 Å². The first-order valence-electron chi connectivity index (χ1n) is 5.00. The Kier molecular flexibility index (Phi) is 4.70. The van der Waals surface area contributed by atoms with Crippen LogP contribution in [-0.2, 0) is 10.0 Å². The minimum Gasteiger partial charge on any atom is -0.330 e. The number of nitrogens with one attached hydrogen (secondary N) is 1. The van der Waals surface area contributed by atoms with Crippen molar-refractivity contribution in [3.63, 3.8) is 0 Å². The Morgan fingerprint density at radius 2 is 1.94 bits per heavy atom. The molecule has 1 aromatic carbocycles. The Balaban J connectivity index is 2.63. The van der Waals surface area contributed by atoms with Gasteiger partial charge in [-0.3, -0.25) is 4.72 Å². The van der Waals surface area contributed by atoms with E-state index in [1.165, 1.54) is 18.2 Å². The molecule has 0 aliphatic carbocycles. The van der Waals surface area contributed by atoms with Crippen molar-refractivity contribution in [3.8, 4) is 0 Å². The molecule has 0 spiro atoms. The van der Waals surface area contributed by atoms with E-state index >= 15 is 0 Å². The van der Waals surface area contributed by atoms with Crippen molar-refractivity contribution in [2.24, 2.45) is 5.73 Å². The van der Waals surface area contributed by atoms with Crippen LogP contribution in [0.2, 0.25) is 0 Å². The monoisotopic (exact) mass is 246 g/mol. The number of unbranched alkanes of at least 4 members (excludes halogenated alkanes) is 1. The Bertz CT molecular complexity index is 434. The van der Waals surface area contributed by atoms with Crippen LogP contribution in [0, 0.1) is 5.82 Å². The molecule has 0 fully saturated rings. The SMILES string of the molecule is NCCCCS(=O)(=O)Nc1ccccc1F. The second-order valence-electron chi connectivity index (χ2n) is 3.40. The van der Waals surface area contributed by atoms with E-state index in [1.54, 1.807) is 6.07 Å². The molecule has 4 nitrogen and oxygen atoms in total.